The Balaban J connectivity index is 1.36. The van der Waals surface area contributed by atoms with Crippen LogP contribution < -0.4 is 0 Å². The van der Waals surface area contributed by atoms with Crippen LogP contribution in [0.15, 0.2) is 24.7 Å². The van der Waals surface area contributed by atoms with Crippen LogP contribution in [-0.2, 0) is 23.0 Å². The second kappa shape index (κ2) is 6.05. The maximum atomic E-state index is 12.6. The Morgan fingerprint density at radius 2 is 2.21 bits per heavy atom. The van der Waals surface area contributed by atoms with E-state index in [1.54, 1.807) is 11.2 Å². The number of rotatable bonds is 5. The van der Waals surface area contributed by atoms with Crippen molar-refractivity contribution in [3.63, 3.8) is 0 Å². The first-order valence-corrected chi connectivity index (χ1v) is 8.46. The molecule has 3 amide bonds. The molecular weight excluding hydrogens is 308 g/mol. The molecular formula is C17H22N4O3. The molecule has 0 spiro atoms. The lowest BCUT2D eigenvalue weighted by molar-refractivity contribution is -0.125. The van der Waals surface area contributed by atoms with Gasteiger partial charge in [0.25, 0.3) is 0 Å². The van der Waals surface area contributed by atoms with Crippen LogP contribution in [-0.4, -0.2) is 63.6 Å². The number of nitrogens with zero attached hydrogens (tertiary/aromatic N) is 4. The van der Waals surface area contributed by atoms with E-state index in [0.717, 1.165) is 18.7 Å². The number of hydrogen-bond acceptors (Lipinski definition) is 4. The van der Waals surface area contributed by atoms with E-state index in [2.05, 4.69) is 17.1 Å². The summed E-state index contributed by atoms with van der Waals surface area (Å²) in [5.74, 6) is 0.533. The number of imidazole rings is 1. The summed E-state index contributed by atoms with van der Waals surface area (Å²) in [4.78, 5) is 32.1. The summed E-state index contributed by atoms with van der Waals surface area (Å²) >= 11 is 0. The molecule has 2 saturated heterocycles. The third kappa shape index (κ3) is 2.84. The van der Waals surface area contributed by atoms with Crippen molar-refractivity contribution in [3.8, 4) is 0 Å². The predicted octanol–water partition coefficient (Wildman–Crippen LogP) is 0.818. The summed E-state index contributed by atoms with van der Waals surface area (Å²) in [5.41, 5.74) is 0.931. The molecule has 2 aliphatic heterocycles. The highest BCUT2D eigenvalue weighted by atomic mass is 16.5. The van der Waals surface area contributed by atoms with E-state index >= 15 is 0 Å². The summed E-state index contributed by atoms with van der Waals surface area (Å²) in [6.45, 7) is 1.88. The molecule has 0 radical (unpaired) electrons. The molecule has 0 N–H and O–H groups in total. The first kappa shape index (κ1) is 15.4. The number of carbonyl (C=O) groups excluding carboxylic acids is 2. The normalized spacial score (nSPS) is 29.1. The largest absolute Gasteiger partial charge is 0.374 e. The van der Waals surface area contributed by atoms with Crippen molar-refractivity contribution >= 4 is 11.9 Å². The Kier molecular flexibility index (Phi) is 3.88. The zero-order chi connectivity index (χ0) is 16.7. The van der Waals surface area contributed by atoms with Crippen LogP contribution in [0, 0.1) is 11.8 Å². The molecule has 1 aromatic heterocycles. The van der Waals surface area contributed by atoms with Crippen molar-refractivity contribution in [2.45, 2.75) is 18.9 Å². The summed E-state index contributed by atoms with van der Waals surface area (Å²) in [5, 5.41) is 0. The molecule has 7 nitrogen and oxygen atoms in total. The number of imide groups is 1. The quantitative estimate of drug-likeness (QED) is 0.592. The molecule has 4 rings (SSSR count). The molecule has 2 fully saturated rings. The van der Waals surface area contributed by atoms with Gasteiger partial charge in [0.2, 0.25) is 5.91 Å². The third-order valence-electron chi connectivity index (χ3n) is 5.16. The molecule has 0 aromatic carbocycles. The topological polar surface area (TPSA) is 67.7 Å². The average Bonchev–Trinajstić information content (AvgIpc) is 3.22. The fraction of sp³-hybridized carbons (Fsp3) is 0.588. The third-order valence-corrected chi connectivity index (χ3v) is 5.16. The van der Waals surface area contributed by atoms with Crippen LogP contribution in [0.2, 0.25) is 0 Å². The predicted molar refractivity (Wildman–Crippen MR) is 86.1 cm³/mol. The van der Waals surface area contributed by atoms with Gasteiger partial charge in [0.05, 0.1) is 24.7 Å². The molecule has 0 unspecified atom stereocenters. The number of ether oxygens (including phenoxy) is 1. The standard InChI is InChI=1S/C17H22N4O3/c1-19-8-14(18-11-19)4-5-20-9-16(22)21(17(20)23)7-12-2-3-15-6-13(12)10-24-15/h2-3,8,11-13,15H,4-7,9-10H2,1H3/t12-,13+,15-/m0/s1. The maximum absolute atomic E-state index is 12.6. The number of aromatic nitrogens is 2. The highest BCUT2D eigenvalue weighted by Gasteiger charge is 2.40. The zero-order valence-electron chi connectivity index (χ0n) is 13.8. The van der Waals surface area contributed by atoms with Gasteiger partial charge in [-0.15, -0.1) is 0 Å². The monoisotopic (exact) mass is 330 g/mol. The minimum atomic E-state index is -0.176. The van der Waals surface area contributed by atoms with Crippen LogP contribution in [0.25, 0.3) is 0 Å². The smallest absolute Gasteiger partial charge is 0.327 e. The number of urea groups is 1. The first-order chi connectivity index (χ1) is 11.6. The van der Waals surface area contributed by atoms with Crippen LogP contribution in [0.1, 0.15) is 12.1 Å². The Bertz CT molecular complexity index is 683. The summed E-state index contributed by atoms with van der Waals surface area (Å²) < 4.78 is 7.52. The van der Waals surface area contributed by atoms with E-state index in [-0.39, 0.29) is 30.5 Å². The van der Waals surface area contributed by atoms with E-state index in [1.165, 1.54) is 4.90 Å². The lowest BCUT2D eigenvalue weighted by atomic mass is 9.85. The van der Waals surface area contributed by atoms with Gasteiger partial charge in [-0.25, -0.2) is 9.78 Å². The van der Waals surface area contributed by atoms with Gasteiger partial charge in [0.1, 0.15) is 6.54 Å². The van der Waals surface area contributed by atoms with Crippen LogP contribution in [0.5, 0.6) is 0 Å². The summed E-state index contributed by atoms with van der Waals surface area (Å²) in [7, 11) is 1.91. The highest BCUT2D eigenvalue weighted by Crippen LogP contribution is 2.34. The Labute approximate surface area is 140 Å². The molecule has 128 valence electrons. The Morgan fingerprint density at radius 3 is 3.00 bits per heavy atom. The van der Waals surface area contributed by atoms with Crippen LogP contribution in [0.4, 0.5) is 4.79 Å². The molecule has 3 atom stereocenters. The Hall–Kier alpha value is -2.15. The number of aryl methyl sites for hydroxylation is 1. The lowest BCUT2D eigenvalue weighted by Crippen LogP contribution is -2.39. The van der Waals surface area contributed by atoms with E-state index in [0.29, 0.717) is 25.4 Å². The van der Waals surface area contributed by atoms with Gasteiger partial charge in [-0.2, -0.15) is 0 Å². The number of hydrogen-bond donors (Lipinski definition) is 0. The average molecular weight is 330 g/mol. The highest BCUT2D eigenvalue weighted by molar-refractivity contribution is 6.02. The molecule has 1 aliphatic carbocycles. The fourth-order valence-electron chi connectivity index (χ4n) is 3.75. The van der Waals surface area contributed by atoms with Crippen molar-refractivity contribution in [2.24, 2.45) is 18.9 Å². The molecule has 2 bridgehead atoms. The second-order valence-corrected chi connectivity index (χ2v) is 6.91. The number of amides is 3. The minimum Gasteiger partial charge on any atom is -0.374 e. The number of fused-ring (bicyclic) bond motifs is 2. The van der Waals surface area contributed by atoms with Gasteiger partial charge in [-0.05, 0) is 12.3 Å². The van der Waals surface area contributed by atoms with Crippen molar-refractivity contribution < 1.29 is 14.3 Å². The molecule has 3 heterocycles. The lowest BCUT2D eigenvalue weighted by Gasteiger charge is -2.26. The van der Waals surface area contributed by atoms with Gasteiger partial charge in [-0.3, -0.25) is 9.69 Å². The maximum Gasteiger partial charge on any atom is 0.327 e. The van der Waals surface area contributed by atoms with Gasteiger partial charge >= 0.3 is 6.03 Å². The molecule has 24 heavy (non-hydrogen) atoms. The molecule has 1 aromatic rings. The van der Waals surface area contributed by atoms with Crippen LogP contribution >= 0.6 is 0 Å². The molecule has 0 saturated carbocycles. The van der Waals surface area contributed by atoms with E-state index in [9.17, 15) is 9.59 Å². The van der Waals surface area contributed by atoms with E-state index < -0.39 is 0 Å². The zero-order valence-corrected chi connectivity index (χ0v) is 13.8. The number of carbonyl (C=O) groups is 2. The van der Waals surface area contributed by atoms with Crippen LogP contribution in [0.3, 0.4) is 0 Å². The van der Waals surface area contributed by atoms with E-state index in [1.807, 2.05) is 17.8 Å². The second-order valence-electron chi connectivity index (χ2n) is 6.91. The fourth-order valence-corrected chi connectivity index (χ4v) is 3.75. The summed E-state index contributed by atoms with van der Waals surface area (Å²) in [6.07, 6.45) is 9.75. The minimum absolute atomic E-state index is 0.101. The van der Waals surface area contributed by atoms with Crippen molar-refractivity contribution in [1.82, 2.24) is 19.4 Å². The molecule has 3 aliphatic rings. The van der Waals surface area contributed by atoms with Gasteiger partial charge in [0, 0.05) is 38.7 Å². The van der Waals surface area contributed by atoms with E-state index in [4.69, 9.17) is 4.74 Å². The Morgan fingerprint density at radius 1 is 1.33 bits per heavy atom. The molecule has 7 heteroatoms. The first-order valence-electron chi connectivity index (χ1n) is 8.46. The van der Waals surface area contributed by atoms with Gasteiger partial charge < -0.3 is 14.2 Å². The van der Waals surface area contributed by atoms with Gasteiger partial charge in [-0.1, -0.05) is 12.2 Å². The van der Waals surface area contributed by atoms with Gasteiger partial charge in [0.15, 0.2) is 0 Å². The van der Waals surface area contributed by atoms with Crippen molar-refractivity contribution in [1.29, 1.82) is 0 Å². The SMILES string of the molecule is Cn1cnc(CCN2CC(=O)N(C[C@@H]3C=C[C@H]4C[C@@H]3CO4)C2=O)c1. The van der Waals surface area contributed by atoms with Crippen molar-refractivity contribution in [3.05, 3.63) is 30.4 Å². The summed E-state index contributed by atoms with van der Waals surface area (Å²) in [6, 6.07) is -0.176. The van der Waals surface area contributed by atoms with Crippen molar-refractivity contribution in [2.75, 3.05) is 26.2 Å².